The van der Waals surface area contributed by atoms with E-state index in [-0.39, 0.29) is 30.3 Å². The number of pyridine rings is 1. The normalized spacial score (nSPS) is 16.9. The lowest BCUT2D eigenvalue weighted by molar-refractivity contribution is 0.0270. The Kier molecular flexibility index (Phi) is 8.29. The Labute approximate surface area is 259 Å². The van der Waals surface area contributed by atoms with Crippen LogP contribution < -0.4 is 5.69 Å². The number of halogens is 2. The highest BCUT2D eigenvalue weighted by Crippen LogP contribution is 2.30. The molecule has 0 saturated carbocycles. The molecule has 45 heavy (non-hydrogen) atoms. The monoisotopic (exact) mass is 621 g/mol. The molecule has 0 unspecified atom stereocenters. The minimum Gasteiger partial charge on any atom is -0.444 e. The van der Waals surface area contributed by atoms with Crippen LogP contribution in [0.25, 0.3) is 28.1 Å². The standard InChI is InChI=1S/C32H37F2N7O4/c1-32(2,3)45-31(43)39-15-9-20(10-16-39)21-6-8-25-26(17-21)41(24-11-13-38(4)14-12-24)30(42)40(25)19-23-7-5-22(18-35-23)28-36-37-29(44-28)27(33)34/h5-9,17-18,24,27H,10-16,19H2,1-4H3. The zero-order valence-electron chi connectivity index (χ0n) is 25.9. The van der Waals surface area contributed by atoms with E-state index in [2.05, 4.69) is 39.3 Å². The first-order valence-corrected chi connectivity index (χ1v) is 15.1. The number of aromatic nitrogens is 5. The van der Waals surface area contributed by atoms with E-state index < -0.39 is 17.9 Å². The second-order valence-corrected chi connectivity index (χ2v) is 12.7. The van der Waals surface area contributed by atoms with Gasteiger partial charge in [0.1, 0.15) is 5.60 Å². The number of ether oxygens (including phenoxy) is 1. The smallest absolute Gasteiger partial charge is 0.410 e. The Balaban J connectivity index is 1.30. The Bertz CT molecular complexity index is 1780. The fourth-order valence-electron chi connectivity index (χ4n) is 5.91. The van der Waals surface area contributed by atoms with Crippen molar-refractivity contribution in [1.82, 2.24) is 34.1 Å². The number of imidazole rings is 1. The van der Waals surface area contributed by atoms with Crippen molar-refractivity contribution in [2.45, 2.75) is 64.6 Å². The van der Waals surface area contributed by atoms with Crippen LogP contribution in [0.15, 0.2) is 51.8 Å². The number of benzene rings is 1. The van der Waals surface area contributed by atoms with E-state index in [1.807, 2.05) is 37.5 Å². The molecule has 0 N–H and O–H groups in total. The van der Waals surface area contributed by atoms with E-state index in [0.717, 1.165) is 48.1 Å². The van der Waals surface area contributed by atoms with Gasteiger partial charge in [0.25, 0.3) is 5.89 Å². The van der Waals surface area contributed by atoms with Crippen LogP contribution in [0.5, 0.6) is 0 Å². The molecule has 1 fully saturated rings. The quantitative estimate of drug-likeness (QED) is 0.277. The fraction of sp³-hybridized carbons (Fsp3) is 0.469. The maximum absolute atomic E-state index is 14.1. The van der Waals surface area contributed by atoms with Crippen molar-refractivity contribution in [1.29, 1.82) is 0 Å². The molecule has 11 nitrogen and oxygen atoms in total. The van der Waals surface area contributed by atoms with Gasteiger partial charge in [-0.05, 0) is 95.6 Å². The molecule has 4 aromatic rings. The van der Waals surface area contributed by atoms with E-state index in [1.54, 1.807) is 21.6 Å². The lowest BCUT2D eigenvalue weighted by Gasteiger charge is -2.30. The van der Waals surface area contributed by atoms with Gasteiger partial charge in [-0.3, -0.25) is 14.1 Å². The Hall–Kier alpha value is -4.39. The third-order valence-electron chi connectivity index (χ3n) is 8.27. The molecule has 0 spiro atoms. The molecule has 0 bridgehead atoms. The largest absolute Gasteiger partial charge is 0.444 e. The Morgan fingerprint density at radius 2 is 1.82 bits per heavy atom. The maximum Gasteiger partial charge on any atom is 0.410 e. The van der Waals surface area contributed by atoms with Crippen LogP contribution in [0.1, 0.15) is 69.6 Å². The van der Waals surface area contributed by atoms with E-state index in [9.17, 15) is 18.4 Å². The summed E-state index contributed by atoms with van der Waals surface area (Å²) < 4.78 is 40.0. The summed E-state index contributed by atoms with van der Waals surface area (Å²) in [7, 11) is 2.09. The summed E-state index contributed by atoms with van der Waals surface area (Å²) >= 11 is 0. The lowest BCUT2D eigenvalue weighted by atomic mass is 9.98. The van der Waals surface area contributed by atoms with Gasteiger partial charge in [0.15, 0.2) is 0 Å². The van der Waals surface area contributed by atoms with Gasteiger partial charge in [0.05, 0.1) is 28.8 Å². The highest BCUT2D eigenvalue weighted by Gasteiger charge is 2.27. The molecule has 0 aliphatic carbocycles. The van der Waals surface area contributed by atoms with Crippen molar-refractivity contribution in [2.24, 2.45) is 0 Å². The SMILES string of the molecule is CN1CCC(n2c(=O)n(Cc3ccc(-c4nnc(C(F)F)o4)cn3)c3ccc(C4=CCN(C(=O)OC(C)(C)C)CC4)cc32)CC1. The summed E-state index contributed by atoms with van der Waals surface area (Å²) in [4.78, 5) is 35.1. The molecule has 1 aromatic carbocycles. The van der Waals surface area contributed by atoms with Gasteiger partial charge in [-0.1, -0.05) is 12.1 Å². The maximum atomic E-state index is 14.1. The molecule has 3 aromatic heterocycles. The van der Waals surface area contributed by atoms with Gasteiger partial charge in [-0.15, -0.1) is 10.2 Å². The highest BCUT2D eigenvalue weighted by atomic mass is 19.3. The molecule has 2 aliphatic heterocycles. The number of carbonyl (C=O) groups is 1. The van der Waals surface area contributed by atoms with E-state index in [1.165, 1.54) is 6.20 Å². The molecular weight excluding hydrogens is 584 g/mol. The Morgan fingerprint density at radius 3 is 2.44 bits per heavy atom. The number of amides is 1. The van der Waals surface area contributed by atoms with Crippen LogP contribution in [-0.2, 0) is 11.3 Å². The zero-order valence-corrected chi connectivity index (χ0v) is 25.9. The van der Waals surface area contributed by atoms with Crippen molar-refractivity contribution in [3.8, 4) is 11.5 Å². The number of carbonyl (C=O) groups excluding carboxylic acids is 1. The number of rotatable bonds is 6. The van der Waals surface area contributed by atoms with E-state index in [0.29, 0.717) is 30.8 Å². The van der Waals surface area contributed by atoms with E-state index >= 15 is 0 Å². The van der Waals surface area contributed by atoms with Crippen LogP contribution in [0, 0.1) is 0 Å². The number of likely N-dealkylation sites (tertiary alicyclic amines) is 1. The van der Waals surface area contributed by atoms with Crippen molar-refractivity contribution in [3.63, 3.8) is 0 Å². The number of alkyl halides is 2. The Morgan fingerprint density at radius 1 is 1.07 bits per heavy atom. The van der Waals surface area contributed by atoms with Crippen LogP contribution >= 0.6 is 0 Å². The first-order chi connectivity index (χ1) is 21.5. The second kappa shape index (κ2) is 12.2. The number of piperidine rings is 1. The summed E-state index contributed by atoms with van der Waals surface area (Å²) in [5.74, 6) is -0.787. The highest BCUT2D eigenvalue weighted by molar-refractivity contribution is 5.83. The van der Waals surface area contributed by atoms with Crippen LogP contribution in [0.2, 0.25) is 0 Å². The first kappa shape index (κ1) is 30.6. The molecule has 6 rings (SSSR count). The number of hydrogen-bond acceptors (Lipinski definition) is 8. The van der Waals surface area contributed by atoms with Gasteiger partial charge in [0.2, 0.25) is 5.89 Å². The van der Waals surface area contributed by atoms with Crippen LogP contribution in [0.3, 0.4) is 0 Å². The van der Waals surface area contributed by atoms with Crippen molar-refractivity contribution in [2.75, 3.05) is 33.2 Å². The molecule has 0 radical (unpaired) electrons. The third-order valence-corrected chi connectivity index (χ3v) is 8.27. The summed E-state index contributed by atoms with van der Waals surface area (Å²) in [6, 6.07) is 9.56. The fourth-order valence-corrected chi connectivity index (χ4v) is 5.91. The summed E-state index contributed by atoms with van der Waals surface area (Å²) in [5, 5.41) is 7.05. The van der Waals surface area contributed by atoms with E-state index in [4.69, 9.17) is 9.15 Å². The molecule has 0 atom stereocenters. The topological polar surface area (TPSA) is 112 Å². The number of hydrogen-bond donors (Lipinski definition) is 0. The van der Waals surface area contributed by atoms with Crippen molar-refractivity contribution in [3.05, 3.63) is 70.2 Å². The zero-order chi connectivity index (χ0) is 31.9. The van der Waals surface area contributed by atoms with Crippen molar-refractivity contribution >= 4 is 22.7 Å². The van der Waals surface area contributed by atoms with Gasteiger partial charge < -0.3 is 19.0 Å². The predicted molar refractivity (Wildman–Crippen MR) is 164 cm³/mol. The van der Waals surface area contributed by atoms with Crippen LogP contribution in [0.4, 0.5) is 13.6 Å². The molecule has 238 valence electrons. The number of nitrogens with zero attached hydrogens (tertiary/aromatic N) is 7. The van der Waals surface area contributed by atoms with Gasteiger partial charge >= 0.3 is 18.2 Å². The van der Waals surface area contributed by atoms with Gasteiger partial charge in [-0.2, -0.15) is 8.78 Å². The minimum absolute atomic E-state index is 0.0425. The van der Waals surface area contributed by atoms with Gasteiger partial charge in [-0.25, -0.2) is 9.59 Å². The van der Waals surface area contributed by atoms with Crippen LogP contribution in [-0.4, -0.2) is 79.0 Å². The first-order valence-electron chi connectivity index (χ1n) is 15.1. The summed E-state index contributed by atoms with van der Waals surface area (Å²) in [5.41, 5.74) is 4.20. The average molecular weight is 622 g/mol. The number of fused-ring (bicyclic) bond motifs is 1. The lowest BCUT2D eigenvalue weighted by Crippen LogP contribution is -2.39. The third kappa shape index (κ3) is 6.53. The molecule has 2 aliphatic rings. The van der Waals surface area contributed by atoms with Gasteiger partial charge in [0, 0.05) is 25.3 Å². The molecular formula is C32H37F2N7O4. The van der Waals surface area contributed by atoms with Crippen molar-refractivity contribution < 1.29 is 22.7 Å². The summed E-state index contributed by atoms with van der Waals surface area (Å²) in [6.45, 7) is 8.62. The summed E-state index contributed by atoms with van der Waals surface area (Å²) in [6.07, 6.45) is 2.78. The minimum atomic E-state index is -2.85. The molecule has 13 heteroatoms. The molecule has 1 saturated heterocycles. The second-order valence-electron chi connectivity index (χ2n) is 12.7. The molecule has 1 amide bonds. The molecule has 5 heterocycles. The predicted octanol–water partition coefficient (Wildman–Crippen LogP) is 5.52. The average Bonchev–Trinajstić information content (AvgIpc) is 3.61.